The summed E-state index contributed by atoms with van der Waals surface area (Å²) in [6, 6.07) is 7.10. The lowest BCUT2D eigenvalue weighted by atomic mass is 10.2. The predicted octanol–water partition coefficient (Wildman–Crippen LogP) is 0.149. The fourth-order valence-corrected chi connectivity index (χ4v) is 1.68. The van der Waals surface area contributed by atoms with E-state index in [-0.39, 0.29) is 19.1 Å². The number of aliphatic hydroxyl groups is 1. The average Bonchev–Trinajstić information content (AvgIpc) is 2.89. The molecule has 3 N–H and O–H groups in total. The summed E-state index contributed by atoms with van der Waals surface area (Å²) in [6.07, 6.45) is 1.84. The maximum atomic E-state index is 11.6. The number of aromatic nitrogens is 3. The van der Waals surface area contributed by atoms with Gasteiger partial charge in [0.1, 0.15) is 5.69 Å². The van der Waals surface area contributed by atoms with E-state index in [1.807, 2.05) is 25.4 Å². The van der Waals surface area contributed by atoms with Crippen LogP contribution in [0.25, 0.3) is 0 Å². The minimum absolute atomic E-state index is 0.0660. The maximum absolute atomic E-state index is 11.6. The Morgan fingerprint density at radius 3 is 2.70 bits per heavy atom. The average molecular weight is 275 g/mol. The van der Waals surface area contributed by atoms with E-state index in [4.69, 9.17) is 5.11 Å². The van der Waals surface area contributed by atoms with E-state index >= 15 is 0 Å². The van der Waals surface area contributed by atoms with Gasteiger partial charge in [0.25, 0.3) is 5.91 Å². The van der Waals surface area contributed by atoms with Crippen LogP contribution in [0, 0.1) is 0 Å². The van der Waals surface area contributed by atoms with Crippen LogP contribution in [0.5, 0.6) is 0 Å². The first-order valence-corrected chi connectivity index (χ1v) is 6.27. The third-order valence-electron chi connectivity index (χ3n) is 2.67. The summed E-state index contributed by atoms with van der Waals surface area (Å²) in [4.78, 5) is 11.6. The molecule has 7 heteroatoms. The molecule has 1 aromatic heterocycles. The molecule has 0 atom stereocenters. The quantitative estimate of drug-likeness (QED) is 0.698. The standard InChI is InChI=1S/C13H17N5O2/c1-18-9-12(16-17-18)8-15-11-4-2-10(3-5-11)13(20)14-6-7-19/h2-5,9,15,19H,6-8H2,1H3,(H,14,20). The molecule has 1 aromatic carbocycles. The van der Waals surface area contributed by atoms with Crippen molar-refractivity contribution in [2.24, 2.45) is 7.05 Å². The second kappa shape index (κ2) is 6.67. The summed E-state index contributed by atoms with van der Waals surface area (Å²) in [5, 5.41) is 22.3. The number of nitrogens with one attached hydrogen (secondary N) is 2. The molecule has 1 amide bonds. The van der Waals surface area contributed by atoms with Gasteiger partial charge in [-0.15, -0.1) is 5.10 Å². The lowest BCUT2D eigenvalue weighted by molar-refractivity contribution is 0.0945. The van der Waals surface area contributed by atoms with Crippen LogP contribution in [0.1, 0.15) is 16.1 Å². The number of aryl methyl sites for hydroxylation is 1. The Morgan fingerprint density at radius 1 is 1.35 bits per heavy atom. The second-order valence-electron chi connectivity index (χ2n) is 4.29. The number of carbonyl (C=O) groups is 1. The zero-order chi connectivity index (χ0) is 14.4. The van der Waals surface area contributed by atoms with Gasteiger partial charge in [-0.1, -0.05) is 5.21 Å². The highest BCUT2D eigenvalue weighted by Crippen LogP contribution is 2.10. The molecule has 0 saturated heterocycles. The Labute approximate surface area is 116 Å². The molecule has 0 aliphatic carbocycles. The molecule has 0 saturated carbocycles. The van der Waals surface area contributed by atoms with Gasteiger partial charge in [-0.2, -0.15) is 0 Å². The Bertz CT molecular complexity index is 564. The molecule has 0 aliphatic heterocycles. The molecule has 0 radical (unpaired) electrons. The fraction of sp³-hybridized carbons (Fsp3) is 0.308. The smallest absolute Gasteiger partial charge is 0.251 e. The summed E-state index contributed by atoms with van der Waals surface area (Å²) >= 11 is 0. The molecule has 0 spiro atoms. The largest absolute Gasteiger partial charge is 0.395 e. The van der Waals surface area contributed by atoms with E-state index in [0.717, 1.165) is 11.4 Å². The first kappa shape index (κ1) is 14.0. The summed E-state index contributed by atoms with van der Waals surface area (Å²) in [6.45, 7) is 0.763. The third kappa shape index (κ3) is 3.79. The van der Waals surface area contributed by atoms with Crippen molar-refractivity contribution in [1.82, 2.24) is 20.3 Å². The molecule has 1 heterocycles. The van der Waals surface area contributed by atoms with Crippen molar-refractivity contribution < 1.29 is 9.90 Å². The lowest BCUT2D eigenvalue weighted by Gasteiger charge is -2.06. The van der Waals surface area contributed by atoms with Crippen molar-refractivity contribution >= 4 is 11.6 Å². The fourth-order valence-electron chi connectivity index (χ4n) is 1.68. The first-order chi connectivity index (χ1) is 9.69. The molecule has 2 rings (SSSR count). The molecular formula is C13H17N5O2. The maximum Gasteiger partial charge on any atom is 0.251 e. The van der Waals surface area contributed by atoms with Crippen LogP contribution in [0.2, 0.25) is 0 Å². The molecular weight excluding hydrogens is 258 g/mol. The number of hydrogen-bond acceptors (Lipinski definition) is 5. The lowest BCUT2D eigenvalue weighted by Crippen LogP contribution is -2.26. The minimum Gasteiger partial charge on any atom is -0.395 e. The van der Waals surface area contributed by atoms with Crippen LogP contribution in [-0.4, -0.2) is 39.2 Å². The molecule has 0 aliphatic rings. The van der Waals surface area contributed by atoms with Crippen LogP contribution in [-0.2, 0) is 13.6 Å². The Kier molecular flexibility index (Phi) is 4.67. The molecule has 2 aromatic rings. The van der Waals surface area contributed by atoms with Gasteiger partial charge in [0.2, 0.25) is 0 Å². The molecule has 0 unspecified atom stereocenters. The molecule has 0 bridgehead atoms. The number of hydrogen-bond donors (Lipinski definition) is 3. The van der Waals surface area contributed by atoms with Crippen LogP contribution >= 0.6 is 0 Å². The minimum atomic E-state index is -0.195. The zero-order valence-corrected chi connectivity index (χ0v) is 11.2. The van der Waals surface area contributed by atoms with Gasteiger partial charge in [-0.05, 0) is 24.3 Å². The van der Waals surface area contributed by atoms with E-state index < -0.39 is 0 Å². The Balaban J connectivity index is 1.89. The van der Waals surface area contributed by atoms with E-state index in [1.54, 1.807) is 16.8 Å². The molecule has 7 nitrogen and oxygen atoms in total. The van der Waals surface area contributed by atoms with E-state index in [9.17, 15) is 4.79 Å². The summed E-state index contributed by atoms with van der Waals surface area (Å²) in [5.74, 6) is -0.195. The van der Waals surface area contributed by atoms with Crippen molar-refractivity contribution in [2.75, 3.05) is 18.5 Å². The van der Waals surface area contributed by atoms with Gasteiger partial charge >= 0.3 is 0 Å². The zero-order valence-electron chi connectivity index (χ0n) is 11.2. The van der Waals surface area contributed by atoms with Gasteiger partial charge in [0.15, 0.2) is 0 Å². The van der Waals surface area contributed by atoms with Gasteiger partial charge in [0.05, 0.1) is 13.2 Å². The monoisotopic (exact) mass is 275 g/mol. The topological polar surface area (TPSA) is 92.1 Å². The van der Waals surface area contributed by atoms with Crippen molar-refractivity contribution in [2.45, 2.75) is 6.54 Å². The van der Waals surface area contributed by atoms with E-state index in [2.05, 4.69) is 20.9 Å². The van der Waals surface area contributed by atoms with Gasteiger partial charge in [-0.3, -0.25) is 9.48 Å². The molecule has 106 valence electrons. The second-order valence-corrected chi connectivity index (χ2v) is 4.29. The van der Waals surface area contributed by atoms with Crippen molar-refractivity contribution in [3.05, 3.63) is 41.7 Å². The molecule has 20 heavy (non-hydrogen) atoms. The van der Waals surface area contributed by atoms with Crippen LogP contribution < -0.4 is 10.6 Å². The number of aliphatic hydroxyl groups excluding tert-OH is 1. The number of rotatable bonds is 6. The predicted molar refractivity (Wildman–Crippen MR) is 74.2 cm³/mol. The summed E-state index contributed by atoms with van der Waals surface area (Å²) in [5.41, 5.74) is 2.30. The highest BCUT2D eigenvalue weighted by atomic mass is 16.3. The normalized spacial score (nSPS) is 10.3. The Morgan fingerprint density at radius 2 is 2.10 bits per heavy atom. The van der Waals surface area contributed by atoms with Gasteiger partial charge < -0.3 is 15.7 Å². The van der Waals surface area contributed by atoms with E-state index in [0.29, 0.717) is 12.1 Å². The van der Waals surface area contributed by atoms with Crippen molar-refractivity contribution in [3.8, 4) is 0 Å². The van der Waals surface area contributed by atoms with Crippen molar-refractivity contribution in [3.63, 3.8) is 0 Å². The summed E-state index contributed by atoms with van der Waals surface area (Å²) in [7, 11) is 1.82. The van der Waals surface area contributed by atoms with Crippen LogP contribution in [0.15, 0.2) is 30.5 Å². The highest BCUT2D eigenvalue weighted by molar-refractivity contribution is 5.94. The Hall–Kier alpha value is -2.41. The third-order valence-corrected chi connectivity index (χ3v) is 2.67. The van der Waals surface area contributed by atoms with E-state index in [1.165, 1.54) is 0 Å². The van der Waals surface area contributed by atoms with Gasteiger partial charge in [-0.25, -0.2) is 0 Å². The first-order valence-electron chi connectivity index (χ1n) is 6.27. The number of amides is 1. The number of benzene rings is 1. The number of anilines is 1. The SMILES string of the molecule is Cn1cc(CNc2ccc(C(=O)NCCO)cc2)nn1. The number of nitrogens with zero attached hydrogens (tertiary/aromatic N) is 3. The van der Waals surface area contributed by atoms with Gasteiger partial charge in [0, 0.05) is 31.0 Å². The van der Waals surface area contributed by atoms with Crippen LogP contribution in [0.4, 0.5) is 5.69 Å². The van der Waals surface area contributed by atoms with Crippen LogP contribution in [0.3, 0.4) is 0 Å². The van der Waals surface area contributed by atoms with Crippen molar-refractivity contribution in [1.29, 1.82) is 0 Å². The molecule has 0 fully saturated rings. The number of carbonyl (C=O) groups excluding carboxylic acids is 1. The highest BCUT2D eigenvalue weighted by Gasteiger charge is 2.04. The summed E-state index contributed by atoms with van der Waals surface area (Å²) < 4.78 is 1.64.